The van der Waals surface area contributed by atoms with Gasteiger partial charge < -0.3 is 48.7 Å². The fourth-order valence-corrected chi connectivity index (χ4v) is 11.3. The van der Waals surface area contributed by atoms with E-state index in [9.17, 15) is 9.90 Å². The Labute approximate surface area is 302 Å². The first-order chi connectivity index (χ1) is 24.6. The topological polar surface area (TPSA) is 137 Å². The molecule has 19 atom stereocenters. The van der Waals surface area contributed by atoms with Gasteiger partial charge in [-0.15, -0.1) is 0 Å². The zero-order valence-electron chi connectivity index (χ0n) is 30.4. The fraction of sp³-hybridized carbons (Fsp3) is 0.875. The van der Waals surface area contributed by atoms with E-state index < -0.39 is 11.9 Å². The lowest BCUT2D eigenvalue weighted by Gasteiger charge is -2.47. The van der Waals surface area contributed by atoms with Crippen LogP contribution in [0.25, 0.3) is 0 Å². The van der Waals surface area contributed by atoms with Crippen LogP contribution in [-0.2, 0) is 42.7 Å². The van der Waals surface area contributed by atoms with E-state index >= 15 is 0 Å². The first-order valence-electron chi connectivity index (χ1n) is 20.1. The number of aliphatic hydroxyl groups excluding tert-OH is 1. The number of fused-ring (bicyclic) bond motifs is 6. The third-order valence-corrected chi connectivity index (χ3v) is 14.2. The normalized spacial score (nSPS) is 53.2. The van der Waals surface area contributed by atoms with Crippen LogP contribution in [0.2, 0.25) is 0 Å². The van der Waals surface area contributed by atoms with Gasteiger partial charge in [-0.3, -0.25) is 4.79 Å². The van der Waals surface area contributed by atoms with Gasteiger partial charge in [-0.1, -0.05) is 27.0 Å². The number of aliphatic hydroxyl groups is 1. The molecule has 10 saturated heterocycles. The fourth-order valence-electron chi connectivity index (χ4n) is 11.3. The molecule has 284 valence electrons. The van der Waals surface area contributed by atoms with Crippen molar-refractivity contribution in [3.8, 4) is 0 Å². The summed E-state index contributed by atoms with van der Waals surface area (Å²) in [6, 6.07) is 0. The Hall–Kier alpha value is -1.25. The maximum absolute atomic E-state index is 14.0. The van der Waals surface area contributed by atoms with E-state index in [4.69, 9.17) is 43.6 Å². The number of hydrogen-bond acceptors (Lipinski definition) is 11. The highest BCUT2D eigenvalue weighted by molar-refractivity contribution is 5.79. The first kappa shape index (κ1) is 35.5. The molecule has 0 aromatic heterocycles. The van der Waals surface area contributed by atoms with E-state index in [1.165, 1.54) is 0 Å². The second kappa shape index (κ2) is 13.8. The van der Waals surface area contributed by atoms with Gasteiger partial charge >= 0.3 is 0 Å². The molecule has 0 radical (unpaired) electrons. The molecule has 10 aliphatic heterocycles. The quantitative estimate of drug-likeness (QED) is 0.410. The maximum Gasteiger partial charge on any atom is 0.172 e. The predicted octanol–water partition coefficient (Wildman–Crippen LogP) is 4.06. The lowest BCUT2D eigenvalue weighted by molar-refractivity contribution is -0.292. The minimum Gasteiger partial charge on any atom is -0.392 e. The van der Waals surface area contributed by atoms with Crippen molar-refractivity contribution in [2.75, 3.05) is 6.54 Å². The molecule has 3 N–H and O–H groups in total. The molecule has 1 spiro atoms. The van der Waals surface area contributed by atoms with E-state index in [1.54, 1.807) is 0 Å². The summed E-state index contributed by atoms with van der Waals surface area (Å²) >= 11 is 0. The van der Waals surface area contributed by atoms with Gasteiger partial charge in [-0.25, -0.2) is 0 Å². The summed E-state index contributed by atoms with van der Waals surface area (Å²) in [4.78, 5) is 14.0. The molecule has 0 aromatic rings. The summed E-state index contributed by atoms with van der Waals surface area (Å²) in [6.07, 6.45) is 6.43. The van der Waals surface area contributed by atoms with Crippen LogP contribution < -0.4 is 5.73 Å². The SMILES string of the molecule is C=C1C[C@@H]2CC[C@@]34C[C@H]5O[C@H]6[C@@H](O3)[C@H]3OC(CC[C@@H]3O[C@H]6[C@H]5O4)CC(=O)C[C@H]3[C@H](CC4O[C@@H](CCC1O2)C[C@@H](C)C4=C)OC(C[C@H](O)CN)[C@@H]3C. The van der Waals surface area contributed by atoms with Gasteiger partial charge in [0.25, 0.3) is 0 Å². The minimum absolute atomic E-state index is 0.00127. The van der Waals surface area contributed by atoms with Crippen LogP contribution in [0.3, 0.4) is 0 Å². The van der Waals surface area contributed by atoms with E-state index in [2.05, 4.69) is 27.0 Å². The lowest BCUT2D eigenvalue weighted by atomic mass is 9.78. The van der Waals surface area contributed by atoms with E-state index in [0.717, 1.165) is 56.1 Å². The molecule has 10 heterocycles. The van der Waals surface area contributed by atoms with Crippen molar-refractivity contribution in [2.24, 2.45) is 23.5 Å². The number of ether oxygens (including phenoxy) is 8. The second-order valence-electron chi connectivity index (χ2n) is 17.6. The van der Waals surface area contributed by atoms with Crippen LogP contribution in [0.15, 0.2) is 24.3 Å². The summed E-state index contributed by atoms with van der Waals surface area (Å²) in [7, 11) is 0. The Kier molecular flexibility index (Phi) is 9.59. The molecule has 12 bridgehead atoms. The van der Waals surface area contributed by atoms with Gasteiger partial charge in [0.2, 0.25) is 0 Å². The largest absolute Gasteiger partial charge is 0.392 e. The number of nitrogens with two attached hydrogens (primary N) is 1. The summed E-state index contributed by atoms with van der Waals surface area (Å²) in [5, 5.41) is 10.5. The molecular formula is C40H59NO10. The number of Topliss-reactive ketones (excluding diaryl/α,β-unsaturated/α-hetero) is 1. The van der Waals surface area contributed by atoms with Crippen molar-refractivity contribution in [3.63, 3.8) is 0 Å². The molecule has 51 heavy (non-hydrogen) atoms. The van der Waals surface area contributed by atoms with E-state index in [-0.39, 0.29) is 110 Å². The van der Waals surface area contributed by atoms with Crippen molar-refractivity contribution in [1.82, 2.24) is 0 Å². The number of carbonyl (C=O) groups excluding carboxylic acids is 1. The number of carbonyl (C=O) groups is 1. The molecule has 0 saturated carbocycles. The lowest BCUT2D eigenvalue weighted by Crippen LogP contribution is -2.61. The van der Waals surface area contributed by atoms with Gasteiger partial charge in [-0.05, 0) is 73.8 Å². The van der Waals surface area contributed by atoms with Crippen LogP contribution in [-0.4, -0.2) is 115 Å². The number of rotatable bonds is 3. The Balaban J connectivity index is 0.986. The molecule has 11 heteroatoms. The van der Waals surface area contributed by atoms with Crippen LogP contribution in [0.1, 0.15) is 97.3 Å². The van der Waals surface area contributed by atoms with Crippen molar-refractivity contribution in [3.05, 3.63) is 24.3 Å². The predicted molar refractivity (Wildman–Crippen MR) is 185 cm³/mol. The van der Waals surface area contributed by atoms with Crippen LogP contribution in [0.4, 0.5) is 0 Å². The molecule has 4 unspecified atom stereocenters. The molecule has 11 nitrogen and oxygen atoms in total. The molecule has 10 fully saturated rings. The molecule has 0 aromatic carbocycles. The highest BCUT2D eigenvalue weighted by Crippen LogP contribution is 2.54. The van der Waals surface area contributed by atoms with Crippen molar-refractivity contribution < 1.29 is 47.8 Å². The zero-order valence-corrected chi connectivity index (χ0v) is 30.4. The van der Waals surface area contributed by atoms with Crippen molar-refractivity contribution in [1.29, 1.82) is 0 Å². The molecular weight excluding hydrogens is 654 g/mol. The molecule has 10 aliphatic rings. The van der Waals surface area contributed by atoms with Crippen molar-refractivity contribution in [2.45, 2.75) is 195 Å². The van der Waals surface area contributed by atoms with E-state index in [0.29, 0.717) is 44.4 Å². The first-order valence-corrected chi connectivity index (χ1v) is 20.1. The van der Waals surface area contributed by atoms with Crippen LogP contribution in [0.5, 0.6) is 0 Å². The van der Waals surface area contributed by atoms with Gasteiger partial charge in [0.05, 0.1) is 61.0 Å². The minimum atomic E-state index is -0.765. The number of ketones is 1. The summed E-state index contributed by atoms with van der Waals surface area (Å²) in [6.45, 7) is 13.5. The Morgan fingerprint density at radius 1 is 0.765 bits per heavy atom. The van der Waals surface area contributed by atoms with Crippen molar-refractivity contribution >= 4 is 5.78 Å². The zero-order chi connectivity index (χ0) is 35.2. The Bertz CT molecular complexity index is 1360. The average molecular weight is 714 g/mol. The summed E-state index contributed by atoms with van der Waals surface area (Å²) < 4.78 is 54.0. The van der Waals surface area contributed by atoms with Gasteiger partial charge in [0, 0.05) is 45.1 Å². The third-order valence-electron chi connectivity index (χ3n) is 14.2. The summed E-state index contributed by atoms with van der Waals surface area (Å²) in [5.74, 6) is -0.222. The maximum atomic E-state index is 14.0. The Morgan fingerprint density at radius 2 is 1.51 bits per heavy atom. The highest BCUT2D eigenvalue weighted by Gasteiger charge is 2.68. The van der Waals surface area contributed by atoms with Gasteiger partial charge in [0.15, 0.2) is 5.79 Å². The smallest absolute Gasteiger partial charge is 0.172 e. The summed E-state index contributed by atoms with van der Waals surface area (Å²) in [5.41, 5.74) is 8.06. The average Bonchev–Trinajstić information content (AvgIpc) is 3.77. The number of hydrogen-bond donors (Lipinski definition) is 2. The second-order valence-corrected chi connectivity index (χ2v) is 17.6. The van der Waals surface area contributed by atoms with Crippen LogP contribution in [0, 0.1) is 17.8 Å². The Morgan fingerprint density at radius 3 is 2.35 bits per heavy atom. The molecule has 10 rings (SSSR count). The van der Waals surface area contributed by atoms with Crippen LogP contribution >= 0.6 is 0 Å². The molecule has 0 aliphatic carbocycles. The standard InChI is InChI=1S/C40H59NO10/c1-19-11-25-5-7-29-20(2)12-27(44-29)9-10-40-17-34-36(50-40)37-38(49-34)39(51-40)35-30(48-37)8-6-26(46-35)13-23(42)14-28-22(4)31(15-24(43)18-41)47-33(28)16-32(45-25)21(19)3/h19,22,24-39,43H,2-3,5-18,41H2,1,4H3/t19-,22-,24+,25+,26?,27+,28-,29?,30+,31?,32?,33+,34-,35+,36+,37+,38-,39+,40+/m1/s1. The highest BCUT2D eigenvalue weighted by atomic mass is 16.8. The van der Waals surface area contributed by atoms with E-state index in [1.807, 2.05) is 0 Å². The molecule has 0 amide bonds. The van der Waals surface area contributed by atoms with Gasteiger partial charge in [0.1, 0.15) is 36.3 Å². The third kappa shape index (κ3) is 6.53. The van der Waals surface area contributed by atoms with Gasteiger partial charge in [-0.2, -0.15) is 0 Å². The monoisotopic (exact) mass is 713 g/mol.